The molecule has 3 heterocycles. The minimum atomic E-state index is -0.562. The molecule has 1 saturated heterocycles. The Morgan fingerprint density at radius 1 is 1.02 bits per heavy atom. The van der Waals surface area contributed by atoms with Crippen molar-refractivity contribution in [3.05, 3.63) is 60.2 Å². The largest absolute Gasteiger partial charge is 0.480 e. The number of hydrogen-bond acceptors (Lipinski definition) is 8. The molecule has 2 aromatic carbocycles. The van der Waals surface area contributed by atoms with Gasteiger partial charge < -0.3 is 29.2 Å². The zero-order valence-electron chi connectivity index (χ0n) is 24.6. The number of nitrogens with zero attached hydrogens (tertiary/aromatic N) is 3. The van der Waals surface area contributed by atoms with E-state index in [0.29, 0.717) is 54.6 Å². The number of carbonyl (C=O) groups excluding carboxylic acids is 1. The number of anilines is 1. The molecule has 9 heteroatoms. The van der Waals surface area contributed by atoms with Crippen molar-refractivity contribution in [3.8, 4) is 28.3 Å². The van der Waals surface area contributed by atoms with E-state index in [1.807, 2.05) is 63.2 Å². The average Bonchev–Trinajstić information content (AvgIpc) is 3.34. The number of methoxy groups -OCH3 is 1. The van der Waals surface area contributed by atoms with E-state index >= 15 is 0 Å². The minimum Gasteiger partial charge on any atom is -0.480 e. The fourth-order valence-corrected chi connectivity index (χ4v) is 5.85. The number of aliphatic hydroxyl groups is 1. The van der Waals surface area contributed by atoms with Crippen molar-refractivity contribution in [1.82, 2.24) is 15.3 Å². The molecule has 2 aliphatic rings. The monoisotopic (exact) mass is 570 g/mol. The first-order valence-corrected chi connectivity index (χ1v) is 14.6. The molecule has 0 radical (unpaired) electrons. The average molecular weight is 571 g/mol. The minimum absolute atomic E-state index is 0.298. The Bertz CT molecular complexity index is 1560. The Balaban J connectivity index is 1.40. The number of hydrogen-bond donors (Lipinski definition) is 2. The lowest BCUT2D eigenvalue weighted by atomic mass is 9.71. The predicted molar refractivity (Wildman–Crippen MR) is 162 cm³/mol. The molecule has 0 spiro atoms. The molecule has 1 aliphatic heterocycles. The Hall–Kier alpha value is -4.11. The summed E-state index contributed by atoms with van der Waals surface area (Å²) in [7, 11) is 1.61. The SMILES string of the molecule is COc1nc(N2CCC(O)CC2)nc2oc(-c3ccc(C4(NC(=O)OC(C)(C)C)CCC4)cc3)c(-c3ccccc3)c12. The molecular weight excluding hydrogens is 532 g/mol. The zero-order valence-corrected chi connectivity index (χ0v) is 24.6. The molecule has 9 nitrogen and oxygen atoms in total. The standard InChI is InChI=1S/C33H38N4O5/c1-32(2,3)42-31(39)36-33(17-8-18-33)23-13-11-22(12-14-23)27-25(21-9-6-5-7-10-21)26-28(40-4)34-30(35-29(26)41-27)37-19-15-24(38)16-20-37/h5-7,9-14,24,38H,8,15-20H2,1-4H3,(H,36,39). The van der Waals surface area contributed by atoms with Gasteiger partial charge in [0.2, 0.25) is 17.5 Å². The third-order valence-electron chi connectivity index (χ3n) is 8.16. The molecule has 42 heavy (non-hydrogen) atoms. The summed E-state index contributed by atoms with van der Waals surface area (Å²) in [6.07, 6.45) is 3.38. The summed E-state index contributed by atoms with van der Waals surface area (Å²) in [4.78, 5) is 24.3. The van der Waals surface area contributed by atoms with Crippen LogP contribution < -0.4 is 15.0 Å². The Kier molecular flexibility index (Phi) is 7.30. The first kappa shape index (κ1) is 28.0. The molecule has 1 amide bonds. The van der Waals surface area contributed by atoms with E-state index in [4.69, 9.17) is 23.9 Å². The third-order valence-corrected chi connectivity index (χ3v) is 8.16. The summed E-state index contributed by atoms with van der Waals surface area (Å²) < 4.78 is 17.9. The fraction of sp³-hybridized carbons (Fsp3) is 0.424. The molecule has 6 rings (SSSR count). The number of benzene rings is 2. The molecule has 2 fully saturated rings. The Morgan fingerprint density at radius 3 is 2.31 bits per heavy atom. The number of nitrogens with one attached hydrogen (secondary N) is 1. The van der Waals surface area contributed by atoms with Crippen molar-refractivity contribution in [1.29, 1.82) is 0 Å². The number of carbonyl (C=O) groups is 1. The lowest BCUT2D eigenvalue weighted by molar-refractivity contribution is 0.0377. The lowest BCUT2D eigenvalue weighted by Gasteiger charge is -2.43. The van der Waals surface area contributed by atoms with Gasteiger partial charge in [-0.3, -0.25) is 0 Å². The van der Waals surface area contributed by atoms with E-state index in [1.165, 1.54) is 0 Å². The van der Waals surface area contributed by atoms with Crippen LogP contribution in [-0.2, 0) is 10.3 Å². The summed E-state index contributed by atoms with van der Waals surface area (Å²) in [6.45, 7) is 6.92. The summed E-state index contributed by atoms with van der Waals surface area (Å²) in [5, 5.41) is 13.8. The Morgan fingerprint density at radius 2 is 1.71 bits per heavy atom. The summed E-state index contributed by atoms with van der Waals surface area (Å²) in [5.74, 6) is 1.65. The number of rotatable bonds is 6. The quantitative estimate of drug-likeness (QED) is 0.273. The fourth-order valence-electron chi connectivity index (χ4n) is 5.85. The van der Waals surface area contributed by atoms with Gasteiger partial charge in [-0.1, -0.05) is 54.6 Å². The lowest BCUT2D eigenvalue weighted by Crippen LogP contribution is -2.52. The highest BCUT2D eigenvalue weighted by Crippen LogP contribution is 2.46. The zero-order chi connectivity index (χ0) is 29.5. The van der Waals surface area contributed by atoms with Crippen LogP contribution in [0.2, 0.25) is 0 Å². The van der Waals surface area contributed by atoms with Crippen molar-refractivity contribution in [2.24, 2.45) is 0 Å². The van der Waals surface area contributed by atoms with Crippen LogP contribution in [0.25, 0.3) is 33.6 Å². The second-order valence-corrected chi connectivity index (χ2v) is 12.2. The van der Waals surface area contributed by atoms with Gasteiger partial charge in [0.15, 0.2) is 0 Å². The van der Waals surface area contributed by atoms with Crippen LogP contribution >= 0.6 is 0 Å². The van der Waals surface area contributed by atoms with Crippen LogP contribution in [-0.4, -0.2) is 53.1 Å². The van der Waals surface area contributed by atoms with Gasteiger partial charge in [0.25, 0.3) is 0 Å². The number of aliphatic hydroxyl groups excluding tert-OH is 1. The number of amides is 1. The highest BCUT2D eigenvalue weighted by Gasteiger charge is 2.41. The van der Waals surface area contributed by atoms with Gasteiger partial charge >= 0.3 is 6.09 Å². The van der Waals surface area contributed by atoms with Crippen molar-refractivity contribution in [2.75, 3.05) is 25.1 Å². The van der Waals surface area contributed by atoms with Gasteiger partial charge in [-0.15, -0.1) is 0 Å². The highest BCUT2D eigenvalue weighted by atomic mass is 16.6. The summed E-state index contributed by atoms with van der Waals surface area (Å²) >= 11 is 0. The molecule has 2 N–H and O–H groups in total. The normalized spacial score (nSPS) is 17.1. The Labute approximate surface area is 245 Å². The molecule has 4 aromatic rings. The maximum atomic E-state index is 12.7. The smallest absolute Gasteiger partial charge is 0.408 e. The third kappa shape index (κ3) is 5.41. The molecule has 1 saturated carbocycles. The van der Waals surface area contributed by atoms with E-state index in [-0.39, 0.29) is 6.10 Å². The topological polar surface area (TPSA) is 110 Å². The molecule has 0 atom stereocenters. The van der Waals surface area contributed by atoms with Crippen LogP contribution in [0.1, 0.15) is 58.4 Å². The van der Waals surface area contributed by atoms with Crippen molar-refractivity contribution < 1.29 is 23.8 Å². The van der Waals surface area contributed by atoms with Crippen molar-refractivity contribution in [3.63, 3.8) is 0 Å². The van der Waals surface area contributed by atoms with Crippen LogP contribution in [0.5, 0.6) is 5.88 Å². The number of alkyl carbamates (subject to hydrolysis) is 1. The van der Waals surface area contributed by atoms with Gasteiger partial charge in [-0.05, 0) is 64.0 Å². The predicted octanol–water partition coefficient (Wildman–Crippen LogP) is 6.43. The van der Waals surface area contributed by atoms with Crippen LogP contribution in [0.4, 0.5) is 10.7 Å². The second kappa shape index (κ2) is 10.9. The maximum Gasteiger partial charge on any atom is 0.408 e. The highest BCUT2D eigenvalue weighted by molar-refractivity contribution is 6.03. The number of furan rings is 1. The molecule has 0 bridgehead atoms. The second-order valence-electron chi connectivity index (χ2n) is 12.2. The summed E-state index contributed by atoms with van der Waals surface area (Å²) in [6, 6.07) is 18.2. The maximum absolute atomic E-state index is 12.7. The molecule has 2 aromatic heterocycles. The van der Waals surface area contributed by atoms with E-state index in [0.717, 1.165) is 41.5 Å². The van der Waals surface area contributed by atoms with Crippen molar-refractivity contribution in [2.45, 2.75) is 70.1 Å². The van der Waals surface area contributed by atoms with E-state index in [2.05, 4.69) is 22.3 Å². The number of aromatic nitrogens is 2. The molecular formula is C33H38N4O5. The van der Waals surface area contributed by atoms with Crippen molar-refractivity contribution >= 4 is 23.1 Å². The number of ether oxygens (including phenoxy) is 2. The summed E-state index contributed by atoms with van der Waals surface area (Å²) in [5.41, 5.74) is 3.19. The first-order valence-electron chi connectivity index (χ1n) is 14.6. The van der Waals surface area contributed by atoms with E-state index < -0.39 is 17.2 Å². The van der Waals surface area contributed by atoms with Gasteiger partial charge in [-0.2, -0.15) is 9.97 Å². The van der Waals surface area contributed by atoms with Crippen LogP contribution in [0.3, 0.4) is 0 Å². The number of piperidine rings is 1. The van der Waals surface area contributed by atoms with E-state index in [1.54, 1.807) is 7.11 Å². The van der Waals surface area contributed by atoms with Gasteiger partial charge in [0.05, 0.1) is 18.8 Å². The molecule has 0 unspecified atom stereocenters. The van der Waals surface area contributed by atoms with Crippen LogP contribution in [0, 0.1) is 0 Å². The van der Waals surface area contributed by atoms with Crippen LogP contribution in [0.15, 0.2) is 59.0 Å². The van der Waals surface area contributed by atoms with E-state index in [9.17, 15) is 9.90 Å². The van der Waals surface area contributed by atoms with Gasteiger partial charge in [0.1, 0.15) is 16.7 Å². The van der Waals surface area contributed by atoms with Gasteiger partial charge in [0, 0.05) is 24.2 Å². The molecule has 220 valence electrons. The van der Waals surface area contributed by atoms with Gasteiger partial charge in [-0.25, -0.2) is 4.79 Å². The first-order chi connectivity index (χ1) is 20.2. The number of fused-ring (bicyclic) bond motifs is 1. The molecule has 1 aliphatic carbocycles.